The van der Waals surface area contributed by atoms with E-state index >= 15 is 0 Å². The van der Waals surface area contributed by atoms with Gasteiger partial charge >= 0.3 is 0 Å². The van der Waals surface area contributed by atoms with Crippen molar-refractivity contribution in [2.24, 2.45) is 0 Å². The summed E-state index contributed by atoms with van der Waals surface area (Å²) in [5.41, 5.74) is 5.23. The van der Waals surface area contributed by atoms with Crippen LogP contribution in [0.25, 0.3) is 0 Å². The highest BCUT2D eigenvalue weighted by Crippen LogP contribution is 2.40. The van der Waals surface area contributed by atoms with Gasteiger partial charge in [-0.1, -0.05) is 32.8 Å². The molecule has 0 atom stereocenters. The molecule has 0 aromatic heterocycles. The Morgan fingerprint density at radius 1 is 0.720 bits per heavy atom. The summed E-state index contributed by atoms with van der Waals surface area (Å²) in [6, 6.07) is 8.50. The van der Waals surface area contributed by atoms with Crippen molar-refractivity contribution in [3.05, 3.63) is 46.5 Å². The Labute approximate surface area is 148 Å². The molecule has 0 aliphatic carbocycles. The van der Waals surface area contributed by atoms with Gasteiger partial charge in [0.1, 0.15) is 0 Å². The molecule has 2 aromatic carbocycles. The SMILES string of the molecule is CCCc1cc2c(cc1Cc1ccc3c(c1CCC)OCO3)OCO2. The van der Waals surface area contributed by atoms with Gasteiger partial charge in [-0.25, -0.2) is 0 Å². The summed E-state index contributed by atoms with van der Waals surface area (Å²) in [6.07, 6.45) is 5.10. The minimum absolute atomic E-state index is 0.315. The number of hydrogen-bond donors (Lipinski definition) is 0. The van der Waals surface area contributed by atoms with E-state index in [0.717, 1.165) is 55.1 Å². The molecular formula is C21H24O4. The molecule has 0 spiro atoms. The third-order valence-corrected chi connectivity index (χ3v) is 4.83. The predicted molar refractivity (Wildman–Crippen MR) is 95.9 cm³/mol. The van der Waals surface area contributed by atoms with Crippen LogP contribution < -0.4 is 18.9 Å². The molecular weight excluding hydrogens is 316 g/mol. The normalized spacial score (nSPS) is 14.2. The Balaban J connectivity index is 1.73. The van der Waals surface area contributed by atoms with E-state index in [0.29, 0.717) is 13.6 Å². The van der Waals surface area contributed by atoms with Crippen molar-refractivity contribution >= 4 is 0 Å². The quantitative estimate of drug-likeness (QED) is 0.768. The lowest BCUT2D eigenvalue weighted by Crippen LogP contribution is -2.01. The Kier molecular flexibility index (Phi) is 4.43. The van der Waals surface area contributed by atoms with Gasteiger partial charge in [0.15, 0.2) is 23.0 Å². The van der Waals surface area contributed by atoms with Crippen molar-refractivity contribution < 1.29 is 18.9 Å². The van der Waals surface area contributed by atoms with Crippen LogP contribution in [0, 0.1) is 0 Å². The second-order valence-corrected chi connectivity index (χ2v) is 6.59. The first-order valence-electron chi connectivity index (χ1n) is 9.12. The smallest absolute Gasteiger partial charge is 0.231 e. The van der Waals surface area contributed by atoms with Gasteiger partial charge in [0, 0.05) is 5.56 Å². The van der Waals surface area contributed by atoms with Crippen LogP contribution in [0.15, 0.2) is 24.3 Å². The summed E-state index contributed by atoms with van der Waals surface area (Å²) in [4.78, 5) is 0. The molecule has 2 aliphatic heterocycles. The van der Waals surface area contributed by atoms with E-state index in [1.54, 1.807) is 0 Å². The maximum absolute atomic E-state index is 5.75. The van der Waals surface area contributed by atoms with Crippen LogP contribution in [0.2, 0.25) is 0 Å². The fourth-order valence-electron chi connectivity index (χ4n) is 3.66. The molecule has 0 saturated heterocycles. The summed E-state index contributed by atoms with van der Waals surface area (Å²) in [5, 5.41) is 0. The zero-order chi connectivity index (χ0) is 17.2. The van der Waals surface area contributed by atoms with E-state index in [-0.39, 0.29) is 0 Å². The average Bonchev–Trinajstić information content (AvgIpc) is 3.26. The van der Waals surface area contributed by atoms with Gasteiger partial charge in [-0.05, 0) is 54.2 Å². The summed E-state index contributed by atoms with van der Waals surface area (Å²) in [5.74, 6) is 3.52. The van der Waals surface area contributed by atoms with Crippen LogP contribution in [0.4, 0.5) is 0 Å². The highest BCUT2D eigenvalue weighted by atomic mass is 16.7. The first-order valence-corrected chi connectivity index (χ1v) is 9.12. The van der Waals surface area contributed by atoms with Gasteiger partial charge in [-0.15, -0.1) is 0 Å². The van der Waals surface area contributed by atoms with Crippen LogP contribution in [0.3, 0.4) is 0 Å². The molecule has 2 aliphatic rings. The van der Waals surface area contributed by atoms with Crippen molar-refractivity contribution in [3.8, 4) is 23.0 Å². The molecule has 132 valence electrons. The van der Waals surface area contributed by atoms with Gasteiger partial charge in [0.25, 0.3) is 0 Å². The zero-order valence-corrected chi connectivity index (χ0v) is 14.9. The largest absolute Gasteiger partial charge is 0.454 e. The van der Waals surface area contributed by atoms with Crippen molar-refractivity contribution in [1.29, 1.82) is 0 Å². The van der Waals surface area contributed by atoms with E-state index in [1.807, 2.05) is 6.07 Å². The summed E-state index contributed by atoms with van der Waals surface area (Å²) < 4.78 is 22.4. The number of rotatable bonds is 6. The first-order chi connectivity index (χ1) is 12.3. The van der Waals surface area contributed by atoms with Crippen molar-refractivity contribution in [1.82, 2.24) is 0 Å². The molecule has 0 bridgehead atoms. The molecule has 2 heterocycles. The van der Waals surface area contributed by atoms with Gasteiger partial charge in [-0.3, -0.25) is 0 Å². The number of ether oxygens (including phenoxy) is 4. The van der Waals surface area contributed by atoms with Crippen LogP contribution in [-0.4, -0.2) is 13.6 Å². The molecule has 0 unspecified atom stereocenters. The van der Waals surface area contributed by atoms with Crippen molar-refractivity contribution in [2.75, 3.05) is 13.6 Å². The number of hydrogen-bond acceptors (Lipinski definition) is 4. The lowest BCUT2D eigenvalue weighted by atomic mass is 9.92. The first kappa shape index (κ1) is 16.1. The molecule has 25 heavy (non-hydrogen) atoms. The minimum Gasteiger partial charge on any atom is -0.454 e. The highest BCUT2D eigenvalue weighted by Gasteiger charge is 2.22. The Hall–Kier alpha value is -2.36. The van der Waals surface area contributed by atoms with Crippen LogP contribution in [0.1, 0.15) is 48.9 Å². The lowest BCUT2D eigenvalue weighted by Gasteiger charge is -2.15. The van der Waals surface area contributed by atoms with E-state index in [2.05, 4.69) is 32.0 Å². The van der Waals surface area contributed by atoms with Gasteiger partial charge in [0.2, 0.25) is 13.6 Å². The zero-order valence-electron chi connectivity index (χ0n) is 14.9. The minimum atomic E-state index is 0.315. The fraction of sp³-hybridized carbons (Fsp3) is 0.429. The fourth-order valence-corrected chi connectivity index (χ4v) is 3.66. The maximum Gasteiger partial charge on any atom is 0.231 e. The Bertz CT molecular complexity index is 782. The maximum atomic E-state index is 5.75. The van der Waals surface area contributed by atoms with E-state index in [4.69, 9.17) is 18.9 Å². The van der Waals surface area contributed by atoms with Crippen LogP contribution in [-0.2, 0) is 19.3 Å². The molecule has 4 heteroatoms. The van der Waals surface area contributed by atoms with Crippen LogP contribution >= 0.6 is 0 Å². The molecule has 4 nitrogen and oxygen atoms in total. The molecule has 2 aromatic rings. The van der Waals surface area contributed by atoms with Crippen molar-refractivity contribution in [2.45, 2.75) is 46.0 Å². The molecule has 0 saturated carbocycles. The third kappa shape index (κ3) is 3.01. The topological polar surface area (TPSA) is 36.9 Å². The molecule has 4 rings (SSSR count). The van der Waals surface area contributed by atoms with E-state index in [9.17, 15) is 0 Å². The number of aryl methyl sites for hydroxylation is 1. The number of benzene rings is 2. The van der Waals surface area contributed by atoms with Gasteiger partial charge in [0.05, 0.1) is 0 Å². The monoisotopic (exact) mass is 340 g/mol. The molecule has 0 fully saturated rings. The summed E-state index contributed by atoms with van der Waals surface area (Å²) >= 11 is 0. The van der Waals surface area contributed by atoms with Gasteiger partial charge in [-0.2, -0.15) is 0 Å². The van der Waals surface area contributed by atoms with Crippen LogP contribution in [0.5, 0.6) is 23.0 Å². The average molecular weight is 340 g/mol. The van der Waals surface area contributed by atoms with Crippen molar-refractivity contribution in [3.63, 3.8) is 0 Å². The predicted octanol–water partition coefficient (Wildman–Crippen LogP) is 4.64. The second-order valence-electron chi connectivity index (χ2n) is 6.59. The highest BCUT2D eigenvalue weighted by molar-refractivity contribution is 5.55. The Morgan fingerprint density at radius 2 is 1.40 bits per heavy atom. The molecule has 0 amide bonds. The third-order valence-electron chi connectivity index (χ3n) is 4.83. The molecule has 0 N–H and O–H groups in total. The molecule has 0 radical (unpaired) electrons. The van der Waals surface area contributed by atoms with E-state index < -0.39 is 0 Å². The summed E-state index contributed by atoms with van der Waals surface area (Å²) in [7, 11) is 0. The second kappa shape index (κ2) is 6.87. The summed E-state index contributed by atoms with van der Waals surface area (Å²) in [6.45, 7) is 5.04. The lowest BCUT2D eigenvalue weighted by molar-refractivity contribution is 0.173. The Morgan fingerprint density at radius 3 is 2.16 bits per heavy atom. The van der Waals surface area contributed by atoms with E-state index in [1.165, 1.54) is 22.3 Å². The standard InChI is InChI=1S/C21H24O4/c1-3-5-14-10-19-20(24-12-23-19)11-16(14)9-15-7-8-18-21(25-13-22-18)17(15)6-4-2/h7-8,10-11H,3-6,9,12-13H2,1-2H3. The number of fused-ring (bicyclic) bond motifs is 2. The van der Waals surface area contributed by atoms with Gasteiger partial charge < -0.3 is 18.9 Å².